The van der Waals surface area contributed by atoms with Gasteiger partial charge >= 0.3 is 0 Å². The third-order valence-electron chi connectivity index (χ3n) is 3.08. The van der Waals surface area contributed by atoms with Crippen molar-refractivity contribution in [3.05, 3.63) is 0 Å². The van der Waals surface area contributed by atoms with Crippen molar-refractivity contribution >= 4 is 5.91 Å². The van der Waals surface area contributed by atoms with E-state index in [4.69, 9.17) is 5.73 Å². The van der Waals surface area contributed by atoms with Crippen molar-refractivity contribution in [1.82, 2.24) is 4.90 Å². The zero-order valence-electron chi connectivity index (χ0n) is 10.5. The topological polar surface area (TPSA) is 46.3 Å². The van der Waals surface area contributed by atoms with Crippen LogP contribution in [0.3, 0.4) is 0 Å². The lowest BCUT2D eigenvalue weighted by Crippen LogP contribution is -2.45. The van der Waals surface area contributed by atoms with E-state index in [0.29, 0.717) is 11.8 Å². The Bertz CT molecular complexity index is 230. The van der Waals surface area contributed by atoms with Crippen LogP contribution in [0.1, 0.15) is 47.0 Å². The van der Waals surface area contributed by atoms with E-state index in [0.717, 1.165) is 25.9 Å². The van der Waals surface area contributed by atoms with Crippen molar-refractivity contribution in [2.75, 3.05) is 13.1 Å². The fourth-order valence-corrected chi connectivity index (χ4v) is 1.86. The number of rotatable bonds is 2. The van der Waals surface area contributed by atoms with Crippen LogP contribution < -0.4 is 5.73 Å². The highest BCUT2D eigenvalue weighted by Crippen LogP contribution is 2.30. The molecule has 1 aliphatic heterocycles. The Morgan fingerprint density at radius 2 is 1.80 bits per heavy atom. The summed E-state index contributed by atoms with van der Waals surface area (Å²) in [6.07, 6.45) is 2.65. The summed E-state index contributed by atoms with van der Waals surface area (Å²) >= 11 is 0. The second kappa shape index (κ2) is 4.12. The Balaban J connectivity index is 2.44. The van der Waals surface area contributed by atoms with Crippen LogP contribution >= 0.6 is 0 Å². The average Bonchev–Trinajstić information content (AvgIpc) is 2.00. The minimum absolute atomic E-state index is 0.206. The average molecular weight is 212 g/mol. The van der Waals surface area contributed by atoms with Gasteiger partial charge in [-0.25, -0.2) is 0 Å². The molecule has 1 saturated heterocycles. The maximum Gasteiger partial charge on any atom is 0.224 e. The molecule has 2 N–H and O–H groups in total. The van der Waals surface area contributed by atoms with Crippen LogP contribution in [0, 0.1) is 5.41 Å². The lowest BCUT2D eigenvalue weighted by Gasteiger charge is -2.37. The maximum absolute atomic E-state index is 11.9. The van der Waals surface area contributed by atoms with Crippen LogP contribution in [0.25, 0.3) is 0 Å². The zero-order valence-corrected chi connectivity index (χ0v) is 10.5. The van der Waals surface area contributed by atoms with E-state index in [9.17, 15) is 4.79 Å². The second-order valence-corrected chi connectivity index (χ2v) is 6.21. The van der Waals surface area contributed by atoms with Gasteiger partial charge in [0.1, 0.15) is 0 Å². The fourth-order valence-electron chi connectivity index (χ4n) is 1.86. The van der Waals surface area contributed by atoms with Gasteiger partial charge in [-0.2, -0.15) is 0 Å². The first kappa shape index (κ1) is 12.5. The number of piperidine rings is 1. The van der Waals surface area contributed by atoms with Gasteiger partial charge in [-0.05, 0) is 32.1 Å². The predicted octanol–water partition coefficient (Wildman–Crippen LogP) is 1.76. The minimum atomic E-state index is -0.385. The Morgan fingerprint density at radius 3 is 2.20 bits per heavy atom. The molecule has 0 radical (unpaired) electrons. The first-order valence-electron chi connectivity index (χ1n) is 5.76. The first-order chi connectivity index (χ1) is 6.70. The normalized spacial score (nSPS) is 21.5. The molecule has 0 aromatic carbocycles. The van der Waals surface area contributed by atoms with Crippen LogP contribution in [0.2, 0.25) is 0 Å². The number of nitrogens with zero attached hydrogens (tertiary/aromatic N) is 1. The molecule has 3 heteroatoms. The van der Waals surface area contributed by atoms with Crippen LogP contribution in [-0.4, -0.2) is 29.4 Å². The first-order valence-corrected chi connectivity index (χ1v) is 5.76. The van der Waals surface area contributed by atoms with Crippen molar-refractivity contribution in [1.29, 1.82) is 0 Å². The summed E-state index contributed by atoms with van der Waals surface area (Å²) in [5, 5.41) is 0. The molecule has 15 heavy (non-hydrogen) atoms. The summed E-state index contributed by atoms with van der Waals surface area (Å²) in [5.41, 5.74) is 5.86. The Labute approximate surface area is 93.0 Å². The van der Waals surface area contributed by atoms with E-state index >= 15 is 0 Å². The molecule has 0 unspecified atom stereocenters. The molecule has 0 aliphatic carbocycles. The van der Waals surface area contributed by atoms with Gasteiger partial charge in [-0.1, -0.05) is 13.8 Å². The van der Waals surface area contributed by atoms with Crippen molar-refractivity contribution < 1.29 is 4.79 Å². The molecule has 0 atom stereocenters. The molecular formula is C12H24N2O. The molecule has 1 heterocycles. The summed E-state index contributed by atoms with van der Waals surface area (Å²) in [4.78, 5) is 13.8. The second-order valence-electron chi connectivity index (χ2n) is 6.21. The molecule has 1 aliphatic rings. The van der Waals surface area contributed by atoms with E-state index in [-0.39, 0.29) is 11.4 Å². The largest absolute Gasteiger partial charge is 0.343 e. The van der Waals surface area contributed by atoms with Gasteiger partial charge in [-0.3, -0.25) is 4.79 Å². The molecule has 1 amide bonds. The molecule has 0 aromatic heterocycles. The number of amides is 1. The van der Waals surface area contributed by atoms with Gasteiger partial charge in [0.05, 0.1) is 0 Å². The highest BCUT2D eigenvalue weighted by atomic mass is 16.2. The van der Waals surface area contributed by atoms with Crippen molar-refractivity contribution in [3.63, 3.8) is 0 Å². The quantitative estimate of drug-likeness (QED) is 0.758. The lowest BCUT2D eigenvalue weighted by atomic mass is 9.82. The Morgan fingerprint density at radius 1 is 1.33 bits per heavy atom. The van der Waals surface area contributed by atoms with E-state index < -0.39 is 0 Å². The molecule has 1 fully saturated rings. The SMILES string of the molecule is CC(C)(N)CC(=O)N1CCC(C)(C)CC1. The van der Waals surface area contributed by atoms with Gasteiger partial charge < -0.3 is 10.6 Å². The summed E-state index contributed by atoms with van der Waals surface area (Å²) in [5.74, 6) is 0.206. The van der Waals surface area contributed by atoms with E-state index in [1.165, 1.54) is 0 Å². The predicted molar refractivity (Wildman–Crippen MR) is 62.5 cm³/mol. The number of carbonyl (C=O) groups is 1. The number of likely N-dealkylation sites (tertiary alicyclic amines) is 1. The summed E-state index contributed by atoms with van der Waals surface area (Å²) in [7, 11) is 0. The van der Waals surface area contributed by atoms with Crippen LogP contribution in [0.15, 0.2) is 0 Å². The Hall–Kier alpha value is -0.570. The summed E-state index contributed by atoms with van der Waals surface area (Å²) in [6.45, 7) is 10.1. The number of carbonyl (C=O) groups excluding carboxylic acids is 1. The lowest BCUT2D eigenvalue weighted by molar-refractivity contribution is -0.134. The molecule has 88 valence electrons. The van der Waals surface area contributed by atoms with E-state index in [1.807, 2.05) is 18.7 Å². The molecule has 0 spiro atoms. The maximum atomic E-state index is 11.9. The van der Waals surface area contributed by atoms with Crippen molar-refractivity contribution in [3.8, 4) is 0 Å². The number of hydrogen-bond donors (Lipinski definition) is 1. The zero-order chi connectivity index (χ0) is 11.7. The third kappa shape index (κ3) is 4.20. The monoisotopic (exact) mass is 212 g/mol. The number of nitrogens with two attached hydrogens (primary N) is 1. The molecular weight excluding hydrogens is 188 g/mol. The van der Waals surface area contributed by atoms with Crippen molar-refractivity contribution in [2.24, 2.45) is 11.1 Å². The van der Waals surface area contributed by atoms with Gasteiger partial charge in [-0.15, -0.1) is 0 Å². The van der Waals surface area contributed by atoms with Gasteiger partial charge in [0.2, 0.25) is 5.91 Å². The standard InChI is InChI=1S/C12H24N2O/c1-11(2)5-7-14(8-6-11)10(15)9-12(3,4)13/h5-9,13H2,1-4H3. The van der Waals surface area contributed by atoms with Gasteiger partial charge in [0.25, 0.3) is 0 Å². The van der Waals surface area contributed by atoms with Crippen LogP contribution in [0.4, 0.5) is 0 Å². The fraction of sp³-hybridized carbons (Fsp3) is 0.917. The van der Waals surface area contributed by atoms with Crippen LogP contribution in [0.5, 0.6) is 0 Å². The third-order valence-corrected chi connectivity index (χ3v) is 3.08. The minimum Gasteiger partial charge on any atom is -0.343 e. The highest BCUT2D eigenvalue weighted by Gasteiger charge is 2.29. The molecule has 3 nitrogen and oxygen atoms in total. The molecule has 0 bridgehead atoms. The number of hydrogen-bond acceptors (Lipinski definition) is 2. The molecule has 0 saturated carbocycles. The molecule has 1 rings (SSSR count). The Kier molecular flexibility index (Phi) is 3.44. The smallest absolute Gasteiger partial charge is 0.224 e. The molecule has 0 aromatic rings. The summed E-state index contributed by atoms with van der Waals surface area (Å²) in [6, 6.07) is 0. The van der Waals surface area contributed by atoms with Crippen molar-refractivity contribution in [2.45, 2.75) is 52.5 Å². The van der Waals surface area contributed by atoms with Gasteiger partial charge in [0.15, 0.2) is 0 Å². The van der Waals surface area contributed by atoms with Crippen LogP contribution in [-0.2, 0) is 4.79 Å². The highest BCUT2D eigenvalue weighted by molar-refractivity contribution is 5.77. The van der Waals surface area contributed by atoms with Gasteiger partial charge in [0, 0.05) is 25.0 Å². The van der Waals surface area contributed by atoms with E-state index in [1.54, 1.807) is 0 Å². The van der Waals surface area contributed by atoms with E-state index in [2.05, 4.69) is 13.8 Å². The summed E-state index contributed by atoms with van der Waals surface area (Å²) < 4.78 is 0.